The summed E-state index contributed by atoms with van der Waals surface area (Å²) in [7, 11) is 0. The first-order valence-corrected chi connectivity index (χ1v) is 17.5. The molecule has 48 heavy (non-hydrogen) atoms. The quantitative estimate of drug-likeness (QED) is 0.419. The second-order valence-electron chi connectivity index (χ2n) is 15.1. The van der Waals surface area contributed by atoms with E-state index in [4.69, 9.17) is 28.9 Å². The Balaban J connectivity index is 1.22. The van der Waals surface area contributed by atoms with Crippen molar-refractivity contribution in [1.29, 1.82) is 5.26 Å². The third-order valence-electron chi connectivity index (χ3n) is 10.5. The number of fused-ring (bicyclic) bond motifs is 4. The number of nitriles is 1. The highest BCUT2D eigenvalue weighted by Crippen LogP contribution is 2.47. The zero-order valence-electron chi connectivity index (χ0n) is 28.4. The molecule has 0 saturated carbocycles. The molecule has 258 valence electrons. The number of benzene rings is 1. The van der Waals surface area contributed by atoms with Crippen LogP contribution in [0.5, 0.6) is 6.01 Å². The van der Waals surface area contributed by atoms with Crippen molar-refractivity contribution in [1.82, 2.24) is 14.9 Å². The highest BCUT2D eigenvalue weighted by atomic mass is 19.1. The van der Waals surface area contributed by atoms with Crippen LogP contribution < -0.4 is 15.0 Å². The Morgan fingerprint density at radius 2 is 2.06 bits per heavy atom. The Hall–Kier alpha value is -3.53. The van der Waals surface area contributed by atoms with E-state index in [1.54, 1.807) is 0 Å². The van der Waals surface area contributed by atoms with E-state index in [1.165, 1.54) is 5.56 Å². The summed E-state index contributed by atoms with van der Waals surface area (Å²) in [6.45, 7) is 9.36. The standard InChI is InChI=1S/C36H47FN6O5/c1-34(2,3)48-33(44)39-26-9-8-24-7-4-12-36(29(24)17-26)19-30-28(22-47-36)31(42-14-6-16-45-27(21-42)10-13-38)41-32(40-30)46-23-35-11-5-15-43(35)20-25(37)18-35/h8-9,17,25,27H,4-7,10-12,14-16,18-23H2,1-3H3,(H,39,44)/t25-,27?,35+,36+/m1/s1. The van der Waals surface area contributed by atoms with Gasteiger partial charge >= 0.3 is 12.1 Å². The van der Waals surface area contributed by atoms with Crippen LogP contribution in [-0.2, 0) is 39.3 Å². The van der Waals surface area contributed by atoms with Gasteiger partial charge in [-0.1, -0.05) is 6.07 Å². The molecule has 1 spiro atoms. The van der Waals surface area contributed by atoms with Crippen molar-refractivity contribution in [2.45, 2.75) is 114 Å². The number of aromatic nitrogens is 2. The third kappa shape index (κ3) is 6.69. The second kappa shape index (κ2) is 13.1. The summed E-state index contributed by atoms with van der Waals surface area (Å²) in [5.41, 5.74) is 3.13. The summed E-state index contributed by atoms with van der Waals surface area (Å²) < 4.78 is 39.4. The maximum Gasteiger partial charge on any atom is 0.412 e. The summed E-state index contributed by atoms with van der Waals surface area (Å²) in [6.07, 6.45) is 5.14. The van der Waals surface area contributed by atoms with E-state index in [-0.39, 0.29) is 11.6 Å². The molecule has 1 N–H and O–H groups in total. The number of anilines is 2. The third-order valence-corrected chi connectivity index (χ3v) is 10.5. The van der Waals surface area contributed by atoms with E-state index in [0.717, 1.165) is 74.3 Å². The molecule has 7 rings (SSSR count). The van der Waals surface area contributed by atoms with Crippen LogP contribution in [-0.4, -0.2) is 83.8 Å². The van der Waals surface area contributed by atoms with Crippen LogP contribution in [0.25, 0.3) is 0 Å². The normalized spacial score (nSPS) is 28.6. The summed E-state index contributed by atoms with van der Waals surface area (Å²) in [6, 6.07) is 8.56. The minimum absolute atomic E-state index is 0.227. The number of alkyl halides is 1. The predicted molar refractivity (Wildman–Crippen MR) is 177 cm³/mol. The number of rotatable bonds is 6. The summed E-state index contributed by atoms with van der Waals surface area (Å²) in [5.74, 6) is 0.755. The predicted octanol–water partition coefficient (Wildman–Crippen LogP) is 5.59. The second-order valence-corrected chi connectivity index (χ2v) is 15.1. The first kappa shape index (κ1) is 33.0. The van der Waals surface area contributed by atoms with E-state index in [2.05, 4.69) is 27.3 Å². The first-order valence-electron chi connectivity index (χ1n) is 17.5. The largest absolute Gasteiger partial charge is 0.461 e. The van der Waals surface area contributed by atoms with Gasteiger partial charge in [-0.25, -0.2) is 9.18 Å². The summed E-state index contributed by atoms with van der Waals surface area (Å²) >= 11 is 0. The van der Waals surface area contributed by atoms with E-state index in [1.807, 2.05) is 32.9 Å². The molecule has 1 aliphatic carbocycles. The number of halogens is 1. The molecular formula is C36H47FN6O5. The van der Waals surface area contributed by atoms with Crippen LogP contribution in [0, 0.1) is 11.3 Å². The van der Waals surface area contributed by atoms with Crippen molar-refractivity contribution in [3.8, 4) is 12.1 Å². The van der Waals surface area contributed by atoms with Crippen LogP contribution >= 0.6 is 0 Å². The number of hydrogen-bond donors (Lipinski definition) is 1. The van der Waals surface area contributed by atoms with Crippen LogP contribution in [0.3, 0.4) is 0 Å². The van der Waals surface area contributed by atoms with Gasteiger partial charge in [-0.05, 0) is 89.1 Å². The fourth-order valence-electron chi connectivity index (χ4n) is 8.36. The molecule has 4 aliphatic heterocycles. The zero-order valence-corrected chi connectivity index (χ0v) is 28.4. The van der Waals surface area contributed by atoms with Gasteiger partial charge in [-0.3, -0.25) is 10.2 Å². The topological polar surface area (TPSA) is 122 Å². The van der Waals surface area contributed by atoms with Crippen molar-refractivity contribution in [3.63, 3.8) is 0 Å². The molecule has 5 aliphatic rings. The fourth-order valence-corrected chi connectivity index (χ4v) is 8.36. The smallest absolute Gasteiger partial charge is 0.412 e. The van der Waals surface area contributed by atoms with Crippen LogP contribution in [0.2, 0.25) is 0 Å². The Labute approximate surface area is 282 Å². The lowest BCUT2D eigenvalue weighted by Gasteiger charge is -2.43. The van der Waals surface area contributed by atoms with Gasteiger partial charge < -0.3 is 23.8 Å². The van der Waals surface area contributed by atoms with Crippen LogP contribution in [0.15, 0.2) is 18.2 Å². The lowest BCUT2D eigenvalue weighted by molar-refractivity contribution is -0.0855. The SMILES string of the molecule is CC(C)(C)OC(=O)Nc1ccc2c(c1)[C@]1(CCC2)Cc2nc(OC[C@@]34CCCN3C[C@H](F)C4)nc(N3CCCOC(CC#N)C3)c2CO1. The highest BCUT2D eigenvalue weighted by Gasteiger charge is 2.50. The van der Waals surface area contributed by atoms with Gasteiger partial charge in [0.15, 0.2) is 0 Å². The number of carbonyl (C=O) groups excluding carboxylic acids is 1. The number of carbonyl (C=O) groups is 1. The summed E-state index contributed by atoms with van der Waals surface area (Å²) in [4.78, 5) is 27.1. The molecule has 11 nitrogen and oxygen atoms in total. The van der Waals surface area contributed by atoms with Crippen LogP contribution in [0.1, 0.15) is 88.1 Å². The number of nitrogens with zero attached hydrogens (tertiary/aromatic N) is 5. The fraction of sp³-hybridized carbons (Fsp3) is 0.667. The molecular weight excluding hydrogens is 615 g/mol. The molecule has 4 atom stereocenters. The minimum Gasteiger partial charge on any atom is -0.461 e. The van der Waals surface area contributed by atoms with E-state index >= 15 is 0 Å². The van der Waals surface area contributed by atoms with Crippen molar-refractivity contribution in [2.24, 2.45) is 0 Å². The van der Waals surface area contributed by atoms with Gasteiger partial charge in [-0.2, -0.15) is 15.2 Å². The maximum atomic E-state index is 14.6. The summed E-state index contributed by atoms with van der Waals surface area (Å²) in [5, 5.41) is 12.3. The molecule has 0 bridgehead atoms. The Bertz CT molecular complexity index is 1580. The van der Waals surface area contributed by atoms with Gasteiger partial charge in [0.2, 0.25) is 0 Å². The molecule has 0 radical (unpaired) electrons. The van der Waals surface area contributed by atoms with Crippen molar-refractivity contribution in [2.75, 3.05) is 49.6 Å². The molecule has 2 aromatic rings. The monoisotopic (exact) mass is 662 g/mol. The average Bonchev–Trinajstić information content (AvgIpc) is 3.45. The molecule has 3 saturated heterocycles. The van der Waals surface area contributed by atoms with Crippen LogP contribution in [0.4, 0.5) is 20.7 Å². The van der Waals surface area contributed by atoms with Crippen molar-refractivity contribution >= 4 is 17.6 Å². The number of hydrogen-bond acceptors (Lipinski definition) is 10. The van der Waals surface area contributed by atoms with Gasteiger partial charge in [0.25, 0.3) is 0 Å². The molecule has 1 aromatic carbocycles. The van der Waals surface area contributed by atoms with E-state index in [9.17, 15) is 14.4 Å². The van der Waals surface area contributed by atoms with Crippen molar-refractivity contribution in [3.05, 3.63) is 40.6 Å². The number of nitrogens with one attached hydrogen (secondary N) is 1. The van der Waals surface area contributed by atoms with Gasteiger partial charge in [0.1, 0.15) is 24.2 Å². The molecule has 5 heterocycles. The number of amides is 1. The van der Waals surface area contributed by atoms with E-state index in [0.29, 0.717) is 63.9 Å². The highest BCUT2D eigenvalue weighted by molar-refractivity contribution is 5.85. The van der Waals surface area contributed by atoms with Gasteiger partial charge in [0, 0.05) is 50.3 Å². The average molecular weight is 663 g/mol. The lowest BCUT2D eigenvalue weighted by Crippen LogP contribution is -2.44. The van der Waals surface area contributed by atoms with Crippen molar-refractivity contribution < 1.29 is 28.1 Å². The molecule has 3 fully saturated rings. The van der Waals surface area contributed by atoms with Gasteiger partial charge in [-0.15, -0.1) is 0 Å². The molecule has 1 amide bonds. The van der Waals surface area contributed by atoms with Gasteiger partial charge in [0.05, 0.1) is 42.0 Å². The van der Waals surface area contributed by atoms with E-state index < -0.39 is 23.5 Å². The first-order chi connectivity index (χ1) is 23.0. The maximum absolute atomic E-state index is 14.6. The zero-order chi connectivity index (χ0) is 33.5. The minimum atomic E-state index is -0.846. The number of aryl methyl sites for hydroxylation is 1. The Morgan fingerprint density at radius 3 is 2.90 bits per heavy atom. The lowest BCUT2D eigenvalue weighted by atomic mass is 9.74. The molecule has 1 aromatic heterocycles. The Morgan fingerprint density at radius 1 is 1.19 bits per heavy atom. The molecule has 12 heteroatoms. The Kier molecular flexibility index (Phi) is 8.98. The number of ether oxygens (including phenoxy) is 4. The molecule has 1 unspecified atom stereocenters.